The topological polar surface area (TPSA) is 75.6 Å². The summed E-state index contributed by atoms with van der Waals surface area (Å²) in [6.07, 6.45) is -0.717. The van der Waals surface area contributed by atoms with Crippen molar-refractivity contribution in [1.29, 1.82) is 0 Å². The van der Waals surface area contributed by atoms with E-state index < -0.39 is 23.2 Å². The maximum atomic E-state index is 11.5. The number of hydrogen-bond acceptors (Lipinski definition) is 3. The van der Waals surface area contributed by atoms with Crippen LogP contribution in [0.2, 0.25) is 0 Å². The van der Waals surface area contributed by atoms with E-state index in [0.29, 0.717) is 0 Å². The molecule has 0 unspecified atom stereocenters. The largest absolute Gasteiger partial charge is 0.480 e. The van der Waals surface area contributed by atoms with E-state index in [1.165, 1.54) is 6.92 Å². The molecule has 16 heavy (non-hydrogen) atoms. The number of hydrogen-bond donors (Lipinski definition) is 2. The summed E-state index contributed by atoms with van der Waals surface area (Å²) in [5, 5.41) is 11.5. The van der Waals surface area contributed by atoms with Crippen molar-refractivity contribution in [1.82, 2.24) is 5.32 Å². The molecule has 0 radical (unpaired) electrons. The molecule has 0 spiro atoms. The number of carboxylic acid groups (broad SMARTS) is 1. The fourth-order valence-electron chi connectivity index (χ4n) is 0.960. The predicted octanol–water partition coefficient (Wildman–Crippen LogP) is 2.01. The third kappa shape index (κ3) is 4.08. The molecule has 94 valence electrons. The van der Waals surface area contributed by atoms with E-state index in [1.54, 1.807) is 34.6 Å². The maximum Gasteiger partial charge on any atom is 0.408 e. The summed E-state index contributed by atoms with van der Waals surface area (Å²) >= 11 is 0. The zero-order chi connectivity index (χ0) is 13.1. The van der Waals surface area contributed by atoms with E-state index in [0.717, 1.165) is 0 Å². The van der Waals surface area contributed by atoms with Gasteiger partial charge in [-0.1, -0.05) is 13.8 Å². The van der Waals surface area contributed by atoms with Crippen LogP contribution in [0.1, 0.15) is 41.5 Å². The van der Waals surface area contributed by atoms with Crippen LogP contribution in [-0.2, 0) is 9.53 Å². The molecule has 0 bridgehead atoms. The van der Waals surface area contributed by atoms with E-state index in [-0.39, 0.29) is 5.92 Å². The number of ether oxygens (including phenoxy) is 1. The van der Waals surface area contributed by atoms with Gasteiger partial charge in [-0.3, -0.25) is 0 Å². The van der Waals surface area contributed by atoms with Crippen molar-refractivity contribution < 1.29 is 19.4 Å². The SMILES string of the molecule is CC(C)[C@@](C)(NC(=O)OC(C)(C)C)C(=O)O. The Kier molecular flexibility index (Phi) is 4.35. The molecule has 5 heteroatoms. The van der Waals surface area contributed by atoms with Crippen LogP contribution in [0.15, 0.2) is 0 Å². The lowest BCUT2D eigenvalue weighted by molar-refractivity contribution is -0.146. The number of nitrogens with one attached hydrogen (secondary N) is 1. The van der Waals surface area contributed by atoms with Crippen molar-refractivity contribution >= 4 is 12.1 Å². The van der Waals surface area contributed by atoms with Gasteiger partial charge in [0.2, 0.25) is 0 Å². The Balaban J connectivity index is 4.68. The van der Waals surface area contributed by atoms with Gasteiger partial charge in [-0.15, -0.1) is 0 Å². The number of carboxylic acids is 1. The van der Waals surface area contributed by atoms with Gasteiger partial charge in [0.05, 0.1) is 0 Å². The molecule has 0 aromatic heterocycles. The molecule has 0 aromatic rings. The Morgan fingerprint density at radius 1 is 1.19 bits per heavy atom. The average Bonchev–Trinajstić information content (AvgIpc) is 1.98. The Bertz CT molecular complexity index is 280. The minimum absolute atomic E-state index is 0.238. The summed E-state index contributed by atoms with van der Waals surface area (Å²) in [6.45, 7) is 10.1. The van der Waals surface area contributed by atoms with Crippen LogP contribution >= 0.6 is 0 Å². The van der Waals surface area contributed by atoms with Gasteiger partial charge >= 0.3 is 12.1 Å². The van der Waals surface area contributed by atoms with Gasteiger partial charge in [-0.05, 0) is 33.6 Å². The molecule has 1 atom stereocenters. The van der Waals surface area contributed by atoms with E-state index >= 15 is 0 Å². The fourth-order valence-corrected chi connectivity index (χ4v) is 0.960. The molecule has 0 aromatic carbocycles. The van der Waals surface area contributed by atoms with Gasteiger partial charge in [-0.2, -0.15) is 0 Å². The van der Waals surface area contributed by atoms with Crippen LogP contribution in [-0.4, -0.2) is 28.3 Å². The van der Waals surface area contributed by atoms with Crippen LogP contribution in [0.25, 0.3) is 0 Å². The van der Waals surface area contributed by atoms with Crippen LogP contribution < -0.4 is 5.32 Å². The average molecular weight is 231 g/mol. The number of carbonyl (C=O) groups is 2. The first-order valence-corrected chi connectivity index (χ1v) is 5.23. The summed E-state index contributed by atoms with van der Waals surface area (Å²) in [6, 6.07) is 0. The third-order valence-electron chi connectivity index (χ3n) is 2.36. The second-order valence-electron chi connectivity index (χ2n) is 5.29. The lowest BCUT2D eigenvalue weighted by atomic mass is 9.89. The first-order valence-electron chi connectivity index (χ1n) is 5.23. The van der Waals surface area contributed by atoms with E-state index in [2.05, 4.69) is 5.32 Å². The smallest absolute Gasteiger partial charge is 0.408 e. The zero-order valence-electron chi connectivity index (χ0n) is 10.7. The lowest BCUT2D eigenvalue weighted by Crippen LogP contribution is -2.56. The van der Waals surface area contributed by atoms with Crippen LogP contribution in [0.3, 0.4) is 0 Å². The van der Waals surface area contributed by atoms with Crippen molar-refractivity contribution in [2.24, 2.45) is 5.92 Å². The highest BCUT2D eigenvalue weighted by Gasteiger charge is 2.39. The quantitative estimate of drug-likeness (QED) is 0.779. The molecule has 0 aliphatic carbocycles. The molecule has 0 fully saturated rings. The molecule has 2 N–H and O–H groups in total. The highest BCUT2D eigenvalue weighted by Crippen LogP contribution is 2.18. The Morgan fingerprint density at radius 2 is 1.62 bits per heavy atom. The number of carbonyl (C=O) groups excluding carboxylic acids is 1. The van der Waals surface area contributed by atoms with Gasteiger partial charge in [0.25, 0.3) is 0 Å². The molecule has 5 nitrogen and oxygen atoms in total. The monoisotopic (exact) mass is 231 g/mol. The second-order valence-corrected chi connectivity index (χ2v) is 5.29. The molecule has 0 heterocycles. The molecule has 0 saturated carbocycles. The normalized spacial score (nSPS) is 15.4. The van der Waals surface area contributed by atoms with Gasteiger partial charge in [0.1, 0.15) is 11.1 Å². The summed E-state index contributed by atoms with van der Waals surface area (Å²) in [5.41, 5.74) is -1.96. The van der Waals surface area contributed by atoms with Crippen molar-refractivity contribution in [2.45, 2.75) is 52.7 Å². The molecule has 0 aliphatic heterocycles. The van der Waals surface area contributed by atoms with Gasteiger partial charge in [0, 0.05) is 0 Å². The van der Waals surface area contributed by atoms with Crippen LogP contribution in [0.4, 0.5) is 4.79 Å². The lowest BCUT2D eigenvalue weighted by Gasteiger charge is -2.31. The van der Waals surface area contributed by atoms with Gasteiger partial charge in [-0.25, -0.2) is 9.59 Å². The summed E-state index contributed by atoms with van der Waals surface area (Å²) in [4.78, 5) is 22.6. The van der Waals surface area contributed by atoms with Crippen molar-refractivity contribution in [3.63, 3.8) is 0 Å². The van der Waals surface area contributed by atoms with Gasteiger partial charge < -0.3 is 15.2 Å². The number of alkyl carbamates (subject to hydrolysis) is 1. The first-order chi connectivity index (χ1) is 6.99. The summed E-state index contributed by atoms with van der Waals surface area (Å²) in [7, 11) is 0. The Morgan fingerprint density at radius 3 is 1.88 bits per heavy atom. The number of rotatable bonds is 3. The molecular weight excluding hydrogens is 210 g/mol. The van der Waals surface area contributed by atoms with E-state index in [1.807, 2.05) is 0 Å². The Hall–Kier alpha value is -1.26. The summed E-state index contributed by atoms with van der Waals surface area (Å²) in [5.74, 6) is -1.31. The number of amides is 1. The van der Waals surface area contributed by atoms with E-state index in [4.69, 9.17) is 9.84 Å². The van der Waals surface area contributed by atoms with Crippen LogP contribution in [0.5, 0.6) is 0 Å². The molecular formula is C11H21NO4. The predicted molar refractivity (Wildman–Crippen MR) is 60.2 cm³/mol. The minimum atomic E-state index is -1.32. The first kappa shape index (κ1) is 14.7. The van der Waals surface area contributed by atoms with Gasteiger partial charge in [0.15, 0.2) is 0 Å². The Labute approximate surface area is 96.2 Å². The third-order valence-corrected chi connectivity index (χ3v) is 2.36. The highest BCUT2D eigenvalue weighted by molar-refractivity contribution is 5.84. The molecule has 0 saturated heterocycles. The highest BCUT2D eigenvalue weighted by atomic mass is 16.6. The minimum Gasteiger partial charge on any atom is -0.480 e. The zero-order valence-corrected chi connectivity index (χ0v) is 10.7. The standard InChI is InChI=1S/C11H21NO4/c1-7(2)11(6,8(13)14)12-9(15)16-10(3,4)5/h7H,1-6H3,(H,12,15)(H,13,14)/t11-/m1/s1. The van der Waals surface area contributed by atoms with Crippen molar-refractivity contribution in [3.8, 4) is 0 Å². The fraction of sp³-hybridized carbons (Fsp3) is 0.818. The van der Waals surface area contributed by atoms with E-state index in [9.17, 15) is 9.59 Å². The number of aliphatic carboxylic acids is 1. The molecule has 1 amide bonds. The summed E-state index contributed by atoms with van der Waals surface area (Å²) < 4.78 is 5.02. The maximum absolute atomic E-state index is 11.5. The van der Waals surface area contributed by atoms with Crippen LogP contribution in [0, 0.1) is 5.92 Å². The van der Waals surface area contributed by atoms with Crippen molar-refractivity contribution in [2.75, 3.05) is 0 Å². The molecule has 0 rings (SSSR count). The molecule has 0 aliphatic rings. The van der Waals surface area contributed by atoms with Crippen molar-refractivity contribution in [3.05, 3.63) is 0 Å². The second kappa shape index (κ2) is 4.72.